The van der Waals surface area contributed by atoms with Crippen LogP contribution >= 0.6 is 0 Å². The minimum atomic E-state index is -0.547. The van der Waals surface area contributed by atoms with E-state index in [2.05, 4.69) is 10.6 Å². The van der Waals surface area contributed by atoms with Gasteiger partial charge in [-0.05, 0) is 30.7 Å². The summed E-state index contributed by atoms with van der Waals surface area (Å²) in [6.07, 6.45) is 0.500. The average molecular weight is 325 g/mol. The van der Waals surface area contributed by atoms with Gasteiger partial charge in [0.15, 0.2) is 0 Å². The van der Waals surface area contributed by atoms with Gasteiger partial charge < -0.3 is 15.5 Å². The molecule has 2 N–H and O–H groups in total. The molecular weight excluding hydrogens is 309 g/mol. The first-order chi connectivity index (χ1) is 11.6. The first-order valence-corrected chi connectivity index (χ1v) is 7.85. The molecule has 0 radical (unpaired) electrons. The molecule has 1 fully saturated rings. The summed E-state index contributed by atoms with van der Waals surface area (Å²) < 4.78 is 13.7. The third-order valence-corrected chi connectivity index (χ3v) is 4.53. The highest BCUT2D eigenvalue weighted by Crippen LogP contribution is 2.36. The fourth-order valence-electron chi connectivity index (χ4n) is 3.41. The summed E-state index contributed by atoms with van der Waals surface area (Å²) in [4.78, 5) is 26.6. The van der Waals surface area contributed by atoms with Crippen LogP contribution in [0.4, 0.5) is 15.8 Å². The second-order valence-corrected chi connectivity index (χ2v) is 6.06. The van der Waals surface area contributed by atoms with Crippen molar-refractivity contribution >= 4 is 23.2 Å². The third kappa shape index (κ3) is 2.40. The van der Waals surface area contributed by atoms with Gasteiger partial charge in [0.1, 0.15) is 11.9 Å². The maximum absolute atomic E-state index is 13.7. The molecule has 0 aromatic heterocycles. The molecule has 2 aromatic rings. The van der Waals surface area contributed by atoms with Crippen LogP contribution in [0.2, 0.25) is 0 Å². The number of benzene rings is 2. The summed E-state index contributed by atoms with van der Waals surface area (Å²) in [5, 5.41) is 5.74. The zero-order valence-electron chi connectivity index (χ0n) is 12.8. The van der Waals surface area contributed by atoms with Crippen LogP contribution in [0.5, 0.6) is 0 Å². The van der Waals surface area contributed by atoms with Gasteiger partial charge in [-0.15, -0.1) is 0 Å². The minimum Gasteiger partial charge on any atom is -0.356 e. The van der Waals surface area contributed by atoms with Gasteiger partial charge >= 0.3 is 0 Å². The Labute approximate surface area is 138 Å². The van der Waals surface area contributed by atoms with Gasteiger partial charge in [-0.2, -0.15) is 0 Å². The predicted octanol–water partition coefficient (Wildman–Crippen LogP) is 2.16. The Morgan fingerprint density at radius 2 is 1.92 bits per heavy atom. The number of para-hydroxylation sites is 2. The van der Waals surface area contributed by atoms with Crippen LogP contribution in [0, 0.1) is 5.82 Å². The summed E-state index contributed by atoms with van der Waals surface area (Å²) in [5.41, 5.74) is 1.75. The number of amides is 2. The Morgan fingerprint density at radius 3 is 2.75 bits per heavy atom. The second-order valence-electron chi connectivity index (χ2n) is 6.06. The van der Waals surface area contributed by atoms with E-state index in [9.17, 15) is 14.0 Å². The molecule has 2 aliphatic rings. The highest BCUT2D eigenvalue weighted by molar-refractivity contribution is 6.04. The van der Waals surface area contributed by atoms with Crippen LogP contribution in [-0.2, 0) is 4.79 Å². The summed E-state index contributed by atoms with van der Waals surface area (Å²) in [6.45, 7) is 0.523. The lowest BCUT2D eigenvalue weighted by atomic mass is 10.1. The van der Waals surface area contributed by atoms with E-state index in [-0.39, 0.29) is 23.6 Å². The normalized spacial score (nSPS) is 21.7. The number of nitrogens with one attached hydrogen (secondary N) is 2. The molecule has 2 atom stereocenters. The lowest BCUT2D eigenvalue weighted by Gasteiger charge is -2.32. The molecule has 6 heteroatoms. The van der Waals surface area contributed by atoms with Crippen molar-refractivity contribution in [3.8, 4) is 0 Å². The lowest BCUT2D eigenvalue weighted by Crippen LogP contribution is -2.44. The van der Waals surface area contributed by atoms with Gasteiger partial charge in [0.2, 0.25) is 5.91 Å². The highest BCUT2D eigenvalue weighted by Gasteiger charge is 2.41. The topological polar surface area (TPSA) is 61.4 Å². The molecule has 0 bridgehead atoms. The SMILES string of the molecule is O=C(NC1CC2C(=O)Nc3ccccc3N2C1)c1ccccc1F. The van der Waals surface area contributed by atoms with E-state index in [1.165, 1.54) is 12.1 Å². The van der Waals surface area contributed by atoms with Crippen molar-refractivity contribution in [3.05, 3.63) is 59.9 Å². The number of halogens is 1. The Balaban J connectivity index is 1.54. The molecule has 1 saturated heterocycles. The maximum Gasteiger partial charge on any atom is 0.254 e. The maximum atomic E-state index is 13.7. The number of hydrogen-bond donors (Lipinski definition) is 2. The van der Waals surface area contributed by atoms with Crippen LogP contribution < -0.4 is 15.5 Å². The molecule has 2 amide bonds. The van der Waals surface area contributed by atoms with Crippen LogP contribution in [0.3, 0.4) is 0 Å². The lowest BCUT2D eigenvalue weighted by molar-refractivity contribution is -0.117. The first kappa shape index (κ1) is 14.7. The molecule has 0 aliphatic carbocycles. The molecule has 0 saturated carbocycles. The van der Waals surface area contributed by atoms with E-state index < -0.39 is 11.7 Å². The van der Waals surface area contributed by atoms with Crippen LogP contribution in [-0.4, -0.2) is 30.4 Å². The average Bonchev–Trinajstić information content (AvgIpc) is 3.00. The molecule has 4 rings (SSSR count). The van der Waals surface area contributed by atoms with Crippen molar-refractivity contribution in [1.29, 1.82) is 0 Å². The van der Waals surface area contributed by atoms with E-state index >= 15 is 0 Å². The van der Waals surface area contributed by atoms with Crippen molar-refractivity contribution < 1.29 is 14.0 Å². The van der Waals surface area contributed by atoms with Crippen LogP contribution in [0.25, 0.3) is 0 Å². The molecule has 2 heterocycles. The summed E-state index contributed by atoms with van der Waals surface area (Å²) in [7, 11) is 0. The molecule has 0 spiro atoms. The monoisotopic (exact) mass is 325 g/mol. The summed E-state index contributed by atoms with van der Waals surface area (Å²) in [5.74, 6) is -1.07. The Bertz CT molecular complexity index is 823. The molecule has 24 heavy (non-hydrogen) atoms. The Hall–Kier alpha value is -2.89. The van der Waals surface area contributed by atoms with Gasteiger partial charge in [0.25, 0.3) is 5.91 Å². The van der Waals surface area contributed by atoms with E-state index in [0.717, 1.165) is 11.4 Å². The Morgan fingerprint density at radius 1 is 1.17 bits per heavy atom. The molecule has 122 valence electrons. The van der Waals surface area contributed by atoms with Crippen molar-refractivity contribution in [2.45, 2.75) is 18.5 Å². The standard InChI is InChI=1S/C18H16FN3O2/c19-13-6-2-1-5-12(13)17(23)20-11-9-16-18(24)21-14-7-3-4-8-15(14)22(16)10-11/h1-8,11,16H,9-10H2,(H,20,23)(H,21,24). The van der Waals surface area contributed by atoms with Gasteiger partial charge in [-0.1, -0.05) is 24.3 Å². The molecule has 2 aliphatic heterocycles. The van der Waals surface area contributed by atoms with E-state index in [1.54, 1.807) is 12.1 Å². The number of anilines is 2. The highest BCUT2D eigenvalue weighted by atomic mass is 19.1. The molecule has 2 unspecified atom stereocenters. The smallest absolute Gasteiger partial charge is 0.254 e. The summed E-state index contributed by atoms with van der Waals surface area (Å²) in [6, 6.07) is 12.9. The minimum absolute atomic E-state index is 0.0206. The third-order valence-electron chi connectivity index (χ3n) is 4.53. The van der Waals surface area contributed by atoms with Gasteiger partial charge in [-0.3, -0.25) is 9.59 Å². The van der Waals surface area contributed by atoms with Crippen molar-refractivity contribution in [1.82, 2.24) is 5.32 Å². The Kier molecular flexibility index (Phi) is 3.45. The molecule has 2 aromatic carbocycles. The van der Waals surface area contributed by atoms with Gasteiger partial charge in [0.05, 0.1) is 16.9 Å². The number of carbonyl (C=O) groups excluding carboxylic acids is 2. The van der Waals surface area contributed by atoms with E-state index in [1.807, 2.05) is 29.2 Å². The van der Waals surface area contributed by atoms with Crippen molar-refractivity contribution in [3.63, 3.8) is 0 Å². The predicted molar refractivity (Wildman–Crippen MR) is 88.5 cm³/mol. The van der Waals surface area contributed by atoms with Gasteiger partial charge in [-0.25, -0.2) is 4.39 Å². The number of fused-ring (bicyclic) bond motifs is 3. The largest absolute Gasteiger partial charge is 0.356 e. The van der Waals surface area contributed by atoms with E-state index in [4.69, 9.17) is 0 Å². The van der Waals surface area contributed by atoms with Crippen molar-refractivity contribution in [2.75, 3.05) is 16.8 Å². The van der Waals surface area contributed by atoms with Crippen LogP contribution in [0.1, 0.15) is 16.8 Å². The fourth-order valence-corrected chi connectivity index (χ4v) is 3.41. The number of carbonyl (C=O) groups is 2. The molecule has 5 nitrogen and oxygen atoms in total. The zero-order valence-corrected chi connectivity index (χ0v) is 12.8. The number of nitrogens with zero attached hydrogens (tertiary/aromatic N) is 1. The summed E-state index contributed by atoms with van der Waals surface area (Å²) >= 11 is 0. The second kappa shape index (κ2) is 5.63. The van der Waals surface area contributed by atoms with Crippen molar-refractivity contribution in [2.24, 2.45) is 0 Å². The van der Waals surface area contributed by atoms with E-state index in [0.29, 0.717) is 13.0 Å². The fraction of sp³-hybridized carbons (Fsp3) is 0.222. The number of hydrogen-bond acceptors (Lipinski definition) is 3. The number of rotatable bonds is 2. The zero-order chi connectivity index (χ0) is 16.7. The van der Waals surface area contributed by atoms with Crippen LogP contribution in [0.15, 0.2) is 48.5 Å². The first-order valence-electron chi connectivity index (χ1n) is 7.85. The molecular formula is C18H16FN3O2. The quantitative estimate of drug-likeness (QED) is 0.889. The van der Waals surface area contributed by atoms with Gasteiger partial charge in [0, 0.05) is 12.6 Å².